The van der Waals surface area contributed by atoms with E-state index in [1.165, 1.54) is 0 Å². The van der Waals surface area contributed by atoms with E-state index in [-0.39, 0.29) is 9.34 Å². The highest BCUT2D eigenvalue weighted by atomic mass is 32.2. The van der Waals surface area contributed by atoms with Gasteiger partial charge in [0.25, 0.3) is 10.0 Å². The lowest BCUT2D eigenvalue weighted by Crippen LogP contribution is -2.31. The molecular formula is C11H22N4O2S2. The number of hydrogen-bond acceptors (Lipinski definition) is 6. The second kappa shape index (κ2) is 6.65. The number of anilines is 1. The number of thiazole rings is 1. The number of sulfonamides is 1. The Hall–Kier alpha value is -0.700. The van der Waals surface area contributed by atoms with Crippen LogP contribution in [0, 0.1) is 6.92 Å². The smallest absolute Gasteiger partial charge is 0.252 e. The molecule has 0 aliphatic heterocycles. The molecule has 1 aromatic rings. The number of aryl methyl sites for hydroxylation is 1. The second-order valence-electron chi connectivity index (χ2n) is 4.75. The Labute approximate surface area is 119 Å². The molecule has 0 bridgehead atoms. The Morgan fingerprint density at radius 3 is 2.58 bits per heavy atom. The Morgan fingerprint density at radius 2 is 2.11 bits per heavy atom. The lowest BCUT2D eigenvalue weighted by molar-refractivity contribution is 0.271. The van der Waals surface area contributed by atoms with Gasteiger partial charge < -0.3 is 10.6 Å². The normalized spacial score (nSPS) is 12.5. The van der Waals surface area contributed by atoms with Crippen molar-refractivity contribution in [1.29, 1.82) is 0 Å². The summed E-state index contributed by atoms with van der Waals surface area (Å²) in [6.07, 6.45) is 0.765. The number of nitrogens with zero attached hydrogens (tertiary/aromatic N) is 2. The first-order valence-corrected chi connectivity index (χ1v) is 8.47. The quantitative estimate of drug-likeness (QED) is 0.735. The van der Waals surface area contributed by atoms with E-state index in [0.29, 0.717) is 18.3 Å². The predicted octanol–water partition coefficient (Wildman–Crippen LogP) is 1.04. The summed E-state index contributed by atoms with van der Waals surface area (Å²) >= 11 is 0.996. The molecule has 0 aliphatic rings. The molecule has 0 amide bonds. The van der Waals surface area contributed by atoms with Crippen LogP contribution in [0.4, 0.5) is 5.13 Å². The van der Waals surface area contributed by atoms with Crippen LogP contribution in [0.3, 0.4) is 0 Å². The van der Waals surface area contributed by atoms with E-state index < -0.39 is 10.0 Å². The lowest BCUT2D eigenvalue weighted by Gasteiger charge is -2.20. The van der Waals surface area contributed by atoms with Gasteiger partial charge in [0.1, 0.15) is 0 Å². The summed E-state index contributed by atoms with van der Waals surface area (Å²) in [6.45, 7) is 7.12. The molecule has 0 saturated carbocycles. The van der Waals surface area contributed by atoms with E-state index >= 15 is 0 Å². The molecule has 1 heterocycles. The average Bonchev–Trinajstić information content (AvgIpc) is 2.64. The monoisotopic (exact) mass is 306 g/mol. The van der Waals surface area contributed by atoms with Crippen molar-refractivity contribution < 1.29 is 8.42 Å². The van der Waals surface area contributed by atoms with E-state index in [2.05, 4.69) is 28.5 Å². The van der Waals surface area contributed by atoms with Crippen LogP contribution in [0.2, 0.25) is 0 Å². The van der Waals surface area contributed by atoms with Gasteiger partial charge in [-0.2, -0.15) is 0 Å². The molecular weight excluding hydrogens is 284 g/mol. The number of nitrogen functional groups attached to an aromatic ring is 1. The first-order chi connectivity index (χ1) is 8.74. The highest BCUT2D eigenvalue weighted by molar-refractivity contribution is 7.91. The second-order valence-corrected chi connectivity index (χ2v) is 7.74. The molecule has 0 saturated heterocycles. The van der Waals surface area contributed by atoms with Gasteiger partial charge in [0, 0.05) is 12.6 Å². The zero-order chi connectivity index (χ0) is 14.6. The molecule has 0 radical (unpaired) electrons. The van der Waals surface area contributed by atoms with Gasteiger partial charge in [-0.25, -0.2) is 18.1 Å². The standard InChI is InChI=1S/C11H22N4O2S2/c1-8(2)15(4)7-5-6-13-19(16,17)10-9(3)14-11(12)18-10/h8,13H,5-7H2,1-4H3,(H2,12,14). The molecule has 0 unspecified atom stereocenters. The van der Waals surface area contributed by atoms with Crippen molar-refractivity contribution in [3.63, 3.8) is 0 Å². The van der Waals surface area contributed by atoms with Gasteiger partial charge in [-0.3, -0.25) is 0 Å². The molecule has 0 fully saturated rings. The Morgan fingerprint density at radius 1 is 1.47 bits per heavy atom. The Balaban J connectivity index is 2.51. The Bertz CT molecular complexity index is 511. The highest BCUT2D eigenvalue weighted by Crippen LogP contribution is 2.24. The minimum absolute atomic E-state index is 0.210. The highest BCUT2D eigenvalue weighted by Gasteiger charge is 2.20. The zero-order valence-electron chi connectivity index (χ0n) is 11.8. The molecule has 0 atom stereocenters. The van der Waals surface area contributed by atoms with Crippen molar-refractivity contribution in [2.45, 2.75) is 37.4 Å². The third kappa shape index (κ3) is 4.72. The van der Waals surface area contributed by atoms with Crippen molar-refractivity contribution in [1.82, 2.24) is 14.6 Å². The SMILES string of the molecule is Cc1nc(N)sc1S(=O)(=O)NCCCN(C)C(C)C. The molecule has 0 aliphatic carbocycles. The number of aromatic nitrogens is 1. The topological polar surface area (TPSA) is 88.3 Å². The maximum absolute atomic E-state index is 12.0. The maximum Gasteiger partial charge on any atom is 0.252 e. The molecule has 19 heavy (non-hydrogen) atoms. The number of nitrogens with two attached hydrogens (primary N) is 1. The summed E-state index contributed by atoms with van der Waals surface area (Å²) in [6, 6.07) is 0.458. The van der Waals surface area contributed by atoms with Crippen LogP contribution in [-0.2, 0) is 10.0 Å². The summed E-state index contributed by atoms with van der Waals surface area (Å²) in [5, 5.41) is 0.275. The molecule has 1 aromatic heterocycles. The third-order valence-electron chi connectivity index (χ3n) is 2.88. The molecule has 110 valence electrons. The van der Waals surface area contributed by atoms with Crippen molar-refractivity contribution in [2.24, 2.45) is 0 Å². The van der Waals surface area contributed by atoms with Crippen LogP contribution in [-0.4, -0.2) is 44.5 Å². The van der Waals surface area contributed by atoms with E-state index in [0.717, 1.165) is 24.3 Å². The fourth-order valence-corrected chi connectivity index (χ4v) is 3.93. The van der Waals surface area contributed by atoms with Crippen LogP contribution in [0.1, 0.15) is 26.0 Å². The van der Waals surface area contributed by atoms with E-state index in [1.54, 1.807) is 6.92 Å². The summed E-state index contributed by atoms with van der Waals surface area (Å²) in [5.41, 5.74) is 5.97. The van der Waals surface area contributed by atoms with Crippen LogP contribution < -0.4 is 10.5 Å². The summed E-state index contributed by atoms with van der Waals surface area (Å²) in [7, 11) is -1.46. The third-order valence-corrected chi connectivity index (χ3v) is 5.93. The predicted molar refractivity (Wildman–Crippen MR) is 78.8 cm³/mol. The zero-order valence-corrected chi connectivity index (χ0v) is 13.4. The van der Waals surface area contributed by atoms with Crippen LogP contribution in [0.15, 0.2) is 4.21 Å². The van der Waals surface area contributed by atoms with Crippen molar-refractivity contribution in [3.8, 4) is 0 Å². The first kappa shape index (κ1) is 16.4. The molecule has 0 spiro atoms. The van der Waals surface area contributed by atoms with Crippen molar-refractivity contribution in [2.75, 3.05) is 25.9 Å². The minimum atomic E-state index is -3.48. The van der Waals surface area contributed by atoms with Gasteiger partial charge in [0.05, 0.1) is 5.69 Å². The lowest BCUT2D eigenvalue weighted by atomic mass is 10.3. The van der Waals surface area contributed by atoms with E-state index in [1.807, 2.05) is 7.05 Å². The van der Waals surface area contributed by atoms with Gasteiger partial charge in [-0.05, 0) is 40.8 Å². The minimum Gasteiger partial charge on any atom is -0.375 e. The summed E-state index contributed by atoms with van der Waals surface area (Å²) in [5.74, 6) is 0. The van der Waals surface area contributed by atoms with Gasteiger partial charge in [0.15, 0.2) is 9.34 Å². The van der Waals surface area contributed by atoms with Gasteiger partial charge in [-0.15, -0.1) is 0 Å². The van der Waals surface area contributed by atoms with Crippen LogP contribution in [0.25, 0.3) is 0 Å². The number of nitrogens with one attached hydrogen (secondary N) is 1. The van der Waals surface area contributed by atoms with E-state index in [9.17, 15) is 8.42 Å². The largest absolute Gasteiger partial charge is 0.375 e. The number of hydrogen-bond donors (Lipinski definition) is 2. The van der Waals surface area contributed by atoms with Gasteiger partial charge >= 0.3 is 0 Å². The maximum atomic E-state index is 12.0. The van der Waals surface area contributed by atoms with Gasteiger partial charge in [0.2, 0.25) is 0 Å². The van der Waals surface area contributed by atoms with Crippen LogP contribution in [0.5, 0.6) is 0 Å². The Kier molecular flexibility index (Phi) is 5.72. The molecule has 3 N–H and O–H groups in total. The van der Waals surface area contributed by atoms with Gasteiger partial charge in [-0.1, -0.05) is 11.3 Å². The average molecular weight is 306 g/mol. The summed E-state index contributed by atoms with van der Waals surface area (Å²) in [4.78, 5) is 6.10. The molecule has 8 heteroatoms. The van der Waals surface area contributed by atoms with Crippen molar-refractivity contribution in [3.05, 3.63) is 5.69 Å². The van der Waals surface area contributed by atoms with Crippen molar-refractivity contribution >= 4 is 26.5 Å². The molecule has 0 aromatic carbocycles. The fraction of sp³-hybridized carbons (Fsp3) is 0.727. The van der Waals surface area contributed by atoms with E-state index in [4.69, 9.17) is 5.73 Å². The first-order valence-electron chi connectivity index (χ1n) is 6.17. The fourth-order valence-electron chi connectivity index (χ4n) is 1.51. The molecule has 6 nitrogen and oxygen atoms in total. The molecule has 1 rings (SSSR count). The number of rotatable bonds is 7. The van der Waals surface area contributed by atoms with Crippen LogP contribution >= 0.6 is 11.3 Å². The summed E-state index contributed by atoms with van der Waals surface area (Å²) < 4.78 is 26.9.